The van der Waals surface area contributed by atoms with Crippen LogP contribution in [0.2, 0.25) is 0 Å². The number of hydrogen-bond acceptors (Lipinski definition) is 6. The van der Waals surface area contributed by atoms with Crippen LogP contribution in [0.5, 0.6) is 11.5 Å². The average molecular weight is 549 g/mol. The fraction of sp³-hybridized carbons (Fsp3) is 0.588. The van der Waals surface area contributed by atoms with Crippen LogP contribution in [0.3, 0.4) is 0 Å². The SMILES string of the molecule is COc1ccc(C(=O)[C@@H](CCCC[C@@H](CN2CCCCC2)C(=O)c2ccc(OC)cc2)CN2CCCCC2)cc1. The van der Waals surface area contributed by atoms with Crippen molar-refractivity contribution in [3.05, 3.63) is 59.7 Å². The third kappa shape index (κ3) is 8.90. The minimum atomic E-state index is -0.0238. The molecule has 2 aromatic carbocycles. The minimum Gasteiger partial charge on any atom is -0.497 e. The first-order valence-electron chi connectivity index (χ1n) is 15.4. The smallest absolute Gasteiger partial charge is 0.167 e. The number of unbranched alkanes of at least 4 members (excludes halogenated alkanes) is 1. The molecular formula is C34H48N2O4. The maximum absolute atomic E-state index is 13.6. The highest BCUT2D eigenvalue weighted by Crippen LogP contribution is 2.25. The van der Waals surface area contributed by atoms with Crippen molar-refractivity contribution in [1.29, 1.82) is 0 Å². The first-order chi connectivity index (χ1) is 19.6. The fourth-order valence-corrected chi connectivity index (χ4v) is 6.28. The van der Waals surface area contributed by atoms with Crippen LogP contribution in [0.25, 0.3) is 0 Å². The topological polar surface area (TPSA) is 59.1 Å². The van der Waals surface area contributed by atoms with Crippen molar-refractivity contribution in [2.75, 3.05) is 53.5 Å². The van der Waals surface area contributed by atoms with Crippen molar-refractivity contribution in [2.24, 2.45) is 11.8 Å². The normalized spacial score (nSPS) is 18.1. The summed E-state index contributed by atoms with van der Waals surface area (Å²) >= 11 is 0. The van der Waals surface area contributed by atoms with E-state index in [1.165, 1.54) is 38.5 Å². The monoisotopic (exact) mass is 548 g/mol. The van der Waals surface area contributed by atoms with E-state index in [1.807, 2.05) is 48.5 Å². The average Bonchev–Trinajstić information content (AvgIpc) is 3.02. The quantitative estimate of drug-likeness (QED) is 0.186. The Morgan fingerprint density at radius 1 is 0.600 bits per heavy atom. The fourth-order valence-electron chi connectivity index (χ4n) is 6.28. The zero-order valence-electron chi connectivity index (χ0n) is 24.6. The van der Waals surface area contributed by atoms with Crippen LogP contribution < -0.4 is 9.47 Å². The molecule has 218 valence electrons. The lowest BCUT2D eigenvalue weighted by atomic mass is 9.88. The van der Waals surface area contributed by atoms with Gasteiger partial charge >= 0.3 is 0 Å². The summed E-state index contributed by atoms with van der Waals surface area (Å²) in [4.78, 5) is 32.2. The number of carbonyl (C=O) groups excluding carboxylic acids is 2. The van der Waals surface area contributed by atoms with Gasteiger partial charge in [0.1, 0.15) is 11.5 Å². The molecule has 6 nitrogen and oxygen atoms in total. The van der Waals surface area contributed by atoms with E-state index in [4.69, 9.17) is 9.47 Å². The van der Waals surface area contributed by atoms with Crippen LogP contribution in [0, 0.1) is 11.8 Å². The van der Waals surface area contributed by atoms with E-state index in [0.717, 1.165) is 87.6 Å². The molecule has 0 bridgehead atoms. The lowest BCUT2D eigenvalue weighted by Gasteiger charge is -2.31. The second-order valence-electron chi connectivity index (χ2n) is 11.6. The van der Waals surface area contributed by atoms with E-state index >= 15 is 0 Å². The lowest BCUT2D eigenvalue weighted by Crippen LogP contribution is -2.37. The van der Waals surface area contributed by atoms with Gasteiger partial charge in [0.25, 0.3) is 0 Å². The number of likely N-dealkylation sites (tertiary alicyclic amines) is 2. The van der Waals surface area contributed by atoms with Gasteiger partial charge in [0.15, 0.2) is 11.6 Å². The number of ether oxygens (including phenoxy) is 2. The maximum atomic E-state index is 13.6. The van der Waals surface area contributed by atoms with Crippen LogP contribution in [0.15, 0.2) is 48.5 Å². The number of Topliss-reactive ketones (excluding diaryl/α,β-unsaturated/α-hetero) is 2. The Morgan fingerprint density at radius 3 is 1.27 bits per heavy atom. The maximum Gasteiger partial charge on any atom is 0.167 e. The summed E-state index contributed by atoms with van der Waals surface area (Å²) in [5, 5.41) is 0. The summed E-state index contributed by atoms with van der Waals surface area (Å²) in [6.07, 6.45) is 11.1. The molecule has 0 aromatic heterocycles. The molecule has 2 saturated heterocycles. The Hall–Kier alpha value is -2.70. The molecule has 40 heavy (non-hydrogen) atoms. The number of piperidine rings is 2. The van der Waals surface area contributed by atoms with E-state index < -0.39 is 0 Å². The van der Waals surface area contributed by atoms with Gasteiger partial charge in [-0.2, -0.15) is 0 Å². The molecule has 2 aliphatic rings. The molecule has 2 heterocycles. The predicted octanol–water partition coefficient (Wildman–Crippen LogP) is 6.53. The van der Waals surface area contributed by atoms with Gasteiger partial charge < -0.3 is 19.3 Å². The number of carbonyl (C=O) groups is 2. The zero-order chi connectivity index (χ0) is 28.2. The second kappa shape index (κ2) is 15.9. The summed E-state index contributed by atoms with van der Waals surface area (Å²) in [6.45, 7) is 5.99. The van der Waals surface area contributed by atoms with Crippen LogP contribution >= 0.6 is 0 Å². The number of ketones is 2. The highest BCUT2D eigenvalue weighted by molar-refractivity contribution is 5.98. The Morgan fingerprint density at radius 2 is 0.950 bits per heavy atom. The number of hydrogen-bond donors (Lipinski definition) is 0. The Bertz CT molecular complexity index is 955. The largest absolute Gasteiger partial charge is 0.497 e. The van der Waals surface area contributed by atoms with Gasteiger partial charge in [-0.05, 0) is 113 Å². The molecule has 0 amide bonds. The molecule has 0 radical (unpaired) electrons. The third-order valence-electron chi connectivity index (χ3n) is 8.70. The van der Waals surface area contributed by atoms with Crippen molar-refractivity contribution < 1.29 is 19.1 Å². The second-order valence-corrected chi connectivity index (χ2v) is 11.6. The first kappa shape index (κ1) is 30.3. The van der Waals surface area contributed by atoms with E-state index in [1.54, 1.807) is 14.2 Å². The highest BCUT2D eigenvalue weighted by atomic mass is 16.5. The van der Waals surface area contributed by atoms with E-state index in [2.05, 4.69) is 9.80 Å². The number of rotatable bonds is 15. The van der Waals surface area contributed by atoms with Gasteiger partial charge in [-0.15, -0.1) is 0 Å². The van der Waals surface area contributed by atoms with Crippen LogP contribution in [0.4, 0.5) is 0 Å². The Kier molecular flexibility index (Phi) is 12.0. The standard InChI is InChI=1S/C34H48N2O4/c1-39-31-17-13-27(14-18-31)33(37)29(25-35-21-7-3-8-22-35)11-5-6-12-30(26-36-23-9-4-10-24-36)34(38)28-15-19-32(40-2)20-16-28/h13-20,29-30H,3-12,21-26H2,1-2H3/t29-,30-/m0/s1. The van der Waals surface area contributed by atoms with Crippen molar-refractivity contribution >= 4 is 11.6 Å². The van der Waals surface area contributed by atoms with Crippen molar-refractivity contribution in [3.8, 4) is 11.5 Å². The highest BCUT2D eigenvalue weighted by Gasteiger charge is 2.26. The molecule has 0 spiro atoms. The van der Waals surface area contributed by atoms with Crippen molar-refractivity contribution in [2.45, 2.75) is 64.2 Å². The molecular weight excluding hydrogens is 500 g/mol. The molecule has 0 aliphatic carbocycles. The zero-order valence-corrected chi connectivity index (χ0v) is 24.6. The number of nitrogens with zero attached hydrogens (tertiary/aromatic N) is 2. The first-order valence-corrected chi connectivity index (χ1v) is 15.4. The molecule has 2 fully saturated rings. The molecule has 0 saturated carbocycles. The molecule has 0 unspecified atom stereocenters. The van der Waals surface area contributed by atoms with Crippen molar-refractivity contribution in [1.82, 2.24) is 9.80 Å². The number of benzene rings is 2. The summed E-state index contributed by atoms with van der Waals surface area (Å²) in [5.41, 5.74) is 1.53. The van der Waals surface area contributed by atoms with E-state index in [-0.39, 0.29) is 23.4 Å². The van der Waals surface area contributed by atoms with Gasteiger partial charge in [-0.25, -0.2) is 0 Å². The summed E-state index contributed by atoms with van der Waals surface area (Å²) in [6, 6.07) is 15.1. The molecule has 4 rings (SSSR count). The van der Waals surface area contributed by atoms with Gasteiger partial charge in [0.05, 0.1) is 14.2 Å². The van der Waals surface area contributed by atoms with E-state index in [9.17, 15) is 9.59 Å². The minimum absolute atomic E-state index is 0.0238. The Balaban J connectivity index is 1.39. The third-order valence-corrected chi connectivity index (χ3v) is 8.70. The van der Waals surface area contributed by atoms with Gasteiger partial charge in [0.2, 0.25) is 0 Å². The van der Waals surface area contributed by atoms with Crippen LogP contribution in [-0.2, 0) is 0 Å². The summed E-state index contributed by atoms with van der Waals surface area (Å²) < 4.78 is 10.6. The van der Waals surface area contributed by atoms with Crippen LogP contribution in [-0.4, -0.2) is 74.9 Å². The number of methoxy groups -OCH3 is 2. The molecule has 2 aliphatic heterocycles. The van der Waals surface area contributed by atoms with Gasteiger partial charge in [-0.1, -0.05) is 25.7 Å². The molecule has 0 N–H and O–H groups in total. The molecule has 2 aromatic rings. The summed E-state index contributed by atoms with van der Waals surface area (Å²) in [7, 11) is 3.29. The van der Waals surface area contributed by atoms with Gasteiger partial charge in [-0.3, -0.25) is 9.59 Å². The molecule has 6 heteroatoms. The summed E-state index contributed by atoms with van der Waals surface area (Å²) in [5.74, 6) is 1.95. The predicted molar refractivity (Wildman–Crippen MR) is 161 cm³/mol. The van der Waals surface area contributed by atoms with Gasteiger partial charge in [0, 0.05) is 36.1 Å². The lowest BCUT2D eigenvalue weighted by molar-refractivity contribution is 0.0833. The van der Waals surface area contributed by atoms with Crippen molar-refractivity contribution in [3.63, 3.8) is 0 Å². The van der Waals surface area contributed by atoms with E-state index in [0.29, 0.717) is 0 Å². The van der Waals surface area contributed by atoms with Crippen LogP contribution in [0.1, 0.15) is 84.9 Å². The molecule has 2 atom stereocenters. The Labute approximate surface area is 241 Å².